The molecule has 14 heteroatoms. The van der Waals surface area contributed by atoms with Crippen molar-refractivity contribution in [2.24, 2.45) is 0 Å². The Morgan fingerprint density at radius 3 is 2.35 bits per heavy atom. The van der Waals surface area contributed by atoms with Crippen LogP contribution in [0.15, 0.2) is 54.6 Å². The van der Waals surface area contributed by atoms with Gasteiger partial charge in [0.15, 0.2) is 0 Å². The number of alkyl halides is 1. The number of benzene rings is 2. The van der Waals surface area contributed by atoms with Gasteiger partial charge >= 0.3 is 5.97 Å². The molecule has 1 fully saturated rings. The van der Waals surface area contributed by atoms with Crippen molar-refractivity contribution < 1.29 is 28.8 Å². The average Bonchev–Trinajstić information content (AvgIpc) is 3.46. The molecule has 1 heterocycles. The van der Waals surface area contributed by atoms with Crippen LogP contribution in [0.1, 0.15) is 39.2 Å². The second-order valence-electron chi connectivity index (χ2n) is 10.8. The summed E-state index contributed by atoms with van der Waals surface area (Å²) in [6.07, 6.45) is 1.07. The van der Waals surface area contributed by atoms with Crippen molar-refractivity contribution in [2.75, 3.05) is 18.2 Å². The number of hydrogen-bond donors (Lipinski definition) is 2. The molecule has 0 aromatic heterocycles. The van der Waals surface area contributed by atoms with E-state index in [0.717, 1.165) is 5.56 Å². The summed E-state index contributed by atoms with van der Waals surface area (Å²) in [4.78, 5) is 64.4. The van der Waals surface area contributed by atoms with Crippen molar-refractivity contribution in [1.29, 1.82) is 0 Å². The predicted octanol–water partition coefficient (Wildman–Crippen LogP) is 4.12. The maximum atomic E-state index is 13.9. The van der Waals surface area contributed by atoms with E-state index in [4.69, 9.17) is 16.3 Å². The lowest BCUT2D eigenvalue weighted by atomic mass is 10.0. The Bertz CT molecular complexity index is 1290. The summed E-state index contributed by atoms with van der Waals surface area (Å²) >= 11 is 5.69. The third-order valence-electron chi connectivity index (χ3n) is 6.29. The number of esters is 1. The SMILES string of the molecule is CC(C)(C)SSCC(NC(=O)CCl)C(=O)NC(Cc1ccccc1)C(=O)N1CCCC1C(=O)Oc1ccc([N+](=O)[O-])cc1. The van der Waals surface area contributed by atoms with Gasteiger partial charge in [0, 0.05) is 35.6 Å². The Kier molecular flexibility index (Phi) is 12.7. The summed E-state index contributed by atoms with van der Waals surface area (Å²) in [7, 11) is 2.99. The molecule has 3 amide bonds. The first-order valence-corrected chi connectivity index (χ1v) is 16.5. The van der Waals surface area contributed by atoms with E-state index in [-0.39, 0.29) is 40.8 Å². The zero-order valence-electron chi connectivity index (χ0n) is 24.1. The summed E-state index contributed by atoms with van der Waals surface area (Å²) in [5.74, 6) is -2.14. The number of ether oxygens (including phenoxy) is 1. The topological polar surface area (TPSA) is 148 Å². The van der Waals surface area contributed by atoms with Crippen LogP contribution in [0.4, 0.5) is 5.69 Å². The smallest absolute Gasteiger partial charge is 0.334 e. The maximum Gasteiger partial charge on any atom is 0.334 e. The number of nitro groups is 1. The highest BCUT2D eigenvalue weighted by atomic mass is 35.5. The van der Waals surface area contributed by atoms with Gasteiger partial charge in [0.25, 0.3) is 5.69 Å². The van der Waals surface area contributed by atoms with Gasteiger partial charge in [-0.25, -0.2) is 4.79 Å². The van der Waals surface area contributed by atoms with E-state index in [9.17, 15) is 29.3 Å². The summed E-state index contributed by atoms with van der Waals surface area (Å²) in [5, 5.41) is 16.4. The molecular formula is C29H35ClN4O7S2. The number of nitrogens with one attached hydrogen (secondary N) is 2. The molecule has 0 spiro atoms. The maximum absolute atomic E-state index is 13.9. The molecule has 3 unspecified atom stereocenters. The molecule has 0 bridgehead atoms. The van der Waals surface area contributed by atoms with Crippen LogP contribution < -0.4 is 15.4 Å². The summed E-state index contributed by atoms with van der Waals surface area (Å²) in [6.45, 7) is 6.38. The number of hydrogen-bond acceptors (Lipinski definition) is 9. The minimum Gasteiger partial charge on any atom is -0.425 e. The third kappa shape index (κ3) is 10.7. The van der Waals surface area contributed by atoms with Crippen molar-refractivity contribution >= 4 is 62.6 Å². The molecule has 1 saturated heterocycles. The van der Waals surface area contributed by atoms with Crippen LogP contribution in [0.2, 0.25) is 0 Å². The number of amides is 3. The van der Waals surface area contributed by atoms with E-state index in [0.29, 0.717) is 12.8 Å². The number of nitrogens with zero attached hydrogens (tertiary/aromatic N) is 2. The molecule has 11 nitrogen and oxygen atoms in total. The fourth-order valence-corrected chi connectivity index (χ4v) is 6.86. The zero-order chi connectivity index (χ0) is 31.6. The second kappa shape index (κ2) is 16.0. The molecular weight excluding hydrogens is 616 g/mol. The van der Waals surface area contributed by atoms with Gasteiger partial charge in [-0.2, -0.15) is 0 Å². The predicted molar refractivity (Wildman–Crippen MR) is 168 cm³/mol. The fraction of sp³-hybridized carbons (Fsp3) is 0.448. The number of carbonyl (C=O) groups is 4. The van der Waals surface area contributed by atoms with Crippen LogP contribution in [0.3, 0.4) is 0 Å². The van der Waals surface area contributed by atoms with Gasteiger partial charge in [0.05, 0.1) is 4.92 Å². The van der Waals surface area contributed by atoms with Crippen LogP contribution in [-0.2, 0) is 25.6 Å². The normalized spacial score (nSPS) is 16.2. The molecule has 2 aromatic carbocycles. The van der Waals surface area contributed by atoms with Crippen molar-refractivity contribution in [3.8, 4) is 5.75 Å². The minimum absolute atomic E-state index is 0.0815. The van der Waals surface area contributed by atoms with Crippen molar-refractivity contribution in [2.45, 2.75) is 62.9 Å². The minimum atomic E-state index is -1.03. The fourth-order valence-electron chi connectivity index (χ4n) is 4.31. The number of carbonyl (C=O) groups excluding carboxylic acids is 4. The molecule has 0 radical (unpaired) electrons. The zero-order valence-corrected chi connectivity index (χ0v) is 26.5. The molecule has 1 aliphatic heterocycles. The van der Waals surface area contributed by atoms with Crippen molar-refractivity contribution in [1.82, 2.24) is 15.5 Å². The number of halogens is 1. The first kappa shape index (κ1) is 34.2. The molecule has 43 heavy (non-hydrogen) atoms. The number of likely N-dealkylation sites (tertiary alicyclic amines) is 1. The van der Waals surface area contributed by atoms with Crippen LogP contribution in [-0.4, -0.2) is 74.6 Å². The van der Waals surface area contributed by atoms with Gasteiger partial charge in [0.1, 0.15) is 29.8 Å². The van der Waals surface area contributed by atoms with E-state index in [1.165, 1.54) is 40.0 Å². The summed E-state index contributed by atoms with van der Waals surface area (Å²) < 4.78 is 5.37. The Hall–Kier alpha value is -3.29. The lowest BCUT2D eigenvalue weighted by Crippen LogP contribution is -2.57. The highest BCUT2D eigenvalue weighted by Gasteiger charge is 2.39. The first-order valence-electron chi connectivity index (χ1n) is 13.6. The largest absolute Gasteiger partial charge is 0.425 e. The molecule has 2 N–H and O–H groups in total. The standard InChI is InChI=1S/C29H35ClN4O7S2/c1-29(2,3)43-42-18-23(31-25(35)17-30)26(36)32-22(16-19-8-5-4-6-9-19)27(37)33-15-7-10-24(33)28(38)41-21-13-11-20(12-14-21)34(39)40/h4-6,8-9,11-14,22-24H,7,10,15-18H2,1-3H3,(H,31,35)(H,32,36). The Balaban J connectivity index is 1.79. The monoisotopic (exact) mass is 650 g/mol. The highest BCUT2D eigenvalue weighted by Crippen LogP contribution is 2.35. The van der Waals surface area contributed by atoms with Gasteiger partial charge in [-0.1, -0.05) is 72.7 Å². The van der Waals surface area contributed by atoms with E-state index >= 15 is 0 Å². The Morgan fingerprint density at radius 2 is 1.74 bits per heavy atom. The molecule has 3 atom stereocenters. The van der Waals surface area contributed by atoms with Crippen molar-refractivity contribution in [3.05, 3.63) is 70.3 Å². The Morgan fingerprint density at radius 1 is 1.07 bits per heavy atom. The van der Waals surface area contributed by atoms with Gasteiger partial charge in [0.2, 0.25) is 17.7 Å². The van der Waals surface area contributed by atoms with Crippen LogP contribution in [0, 0.1) is 10.1 Å². The first-order chi connectivity index (χ1) is 20.4. The average molecular weight is 651 g/mol. The number of nitro benzene ring substituents is 1. The Labute approximate surface area is 263 Å². The second-order valence-corrected chi connectivity index (χ2v) is 14.3. The van der Waals surface area contributed by atoms with Crippen LogP contribution in [0.25, 0.3) is 0 Å². The number of rotatable bonds is 13. The van der Waals surface area contributed by atoms with E-state index in [1.54, 1.807) is 10.8 Å². The number of non-ortho nitro benzene ring substituents is 1. The molecule has 2 aromatic rings. The molecule has 232 valence electrons. The lowest BCUT2D eigenvalue weighted by Gasteiger charge is -2.29. The van der Waals surface area contributed by atoms with E-state index in [1.807, 2.05) is 51.1 Å². The molecule has 3 rings (SSSR count). The molecule has 0 aliphatic carbocycles. The van der Waals surface area contributed by atoms with Gasteiger partial charge in [-0.05, 0) is 30.5 Å². The van der Waals surface area contributed by atoms with Gasteiger partial charge in [-0.3, -0.25) is 24.5 Å². The van der Waals surface area contributed by atoms with Gasteiger partial charge < -0.3 is 20.3 Å². The third-order valence-corrected chi connectivity index (χ3v) is 9.88. The van der Waals surface area contributed by atoms with E-state index in [2.05, 4.69) is 10.6 Å². The molecule has 0 saturated carbocycles. The molecule has 1 aliphatic rings. The van der Waals surface area contributed by atoms with Crippen molar-refractivity contribution in [3.63, 3.8) is 0 Å². The van der Waals surface area contributed by atoms with E-state index < -0.39 is 46.7 Å². The quantitative estimate of drug-likeness (QED) is 0.0816. The van der Waals surface area contributed by atoms with Crippen LogP contribution in [0.5, 0.6) is 5.75 Å². The summed E-state index contributed by atoms with van der Waals surface area (Å²) in [5.41, 5.74) is 0.650. The lowest BCUT2D eigenvalue weighted by molar-refractivity contribution is -0.384. The van der Waals surface area contributed by atoms with Crippen LogP contribution >= 0.6 is 33.2 Å². The summed E-state index contributed by atoms with van der Waals surface area (Å²) in [6, 6.07) is 11.4. The van der Waals surface area contributed by atoms with Gasteiger partial charge in [-0.15, -0.1) is 11.6 Å². The highest BCUT2D eigenvalue weighted by molar-refractivity contribution is 8.77.